The number of hydrogen-bond donors (Lipinski definition) is 0. The third kappa shape index (κ3) is 2.21. The molecule has 66 valence electrons. The average molecular weight is 214 g/mol. The lowest BCUT2D eigenvalue weighted by atomic mass is 10.1. The molecule has 0 radical (unpaired) electrons. The summed E-state index contributed by atoms with van der Waals surface area (Å²) < 4.78 is 0. The molecular weight excluding hydrogens is 209 g/mol. The zero-order chi connectivity index (χ0) is 9.84. The molecule has 0 aliphatic rings. The predicted octanol–water partition coefficient (Wildman–Crippen LogP) is 3.09. The number of carbonyl (C=O) groups is 1. The van der Waals surface area contributed by atoms with Gasteiger partial charge in [0.1, 0.15) is 0 Å². The first-order valence-electron chi connectivity index (χ1n) is 3.51. The van der Waals surface area contributed by atoms with Crippen molar-refractivity contribution in [3.8, 4) is 6.07 Å². The topological polar surface area (TPSA) is 40.9 Å². The standard InChI is InChI=1S/C9H5Cl2NO/c10-7-3-1-2-6(9(7)11)8(13)4-5-12/h1-3H,4H2. The zero-order valence-corrected chi connectivity index (χ0v) is 8.06. The van der Waals surface area contributed by atoms with Crippen molar-refractivity contribution in [1.82, 2.24) is 0 Å². The summed E-state index contributed by atoms with van der Waals surface area (Å²) in [6, 6.07) is 6.53. The minimum atomic E-state index is -0.310. The van der Waals surface area contributed by atoms with E-state index in [-0.39, 0.29) is 17.2 Å². The Labute approximate surface area is 85.7 Å². The second-order valence-corrected chi connectivity index (χ2v) is 3.14. The Morgan fingerprint density at radius 1 is 1.46 bits per heavy atom. The largest absolute Gasteiger partial charge is 0.293 e. The highest BCUT2D eigenvalue weighted by Gasteiger charge is 2.11. The molecule has 1 rings (SSSR count). The summed E-state index contributed by atoms with van der Waals surface area (Å²) in [6.07, 6.45) is -0.180. The molecule has 2 nitrogen and oxygen atoms in total. The average Bonchev–Trinajstić information content (AvgIpc) is 2.10. The van der Waals surface area contributed by atoms with Crippen LogP contribution in [0, 0.1) is 11.3 Å². The molecule has 0 atom stereocenters. The van der Waals surface area contributed by atoms with Gasteiger partial charge in [0.2, 0.25) is 0 Å². The minimum Gasteiger partial charge on any atom is -0.293 e. The van der Waals surface area contributed by atoms with E-state index in [1.54, 1.807) is 24.3 Å². The normalized spacial score (nSPS) is 9.31. The van der Waals surface area contributed by atoms with Crippen LogP contribution in [0.4, 0.5) is 0 Å². The third-order valence-corrected chi connectivity index (χ3v) is 2.31. The molecule has 0 saturated carbocycles. The number of Topliss-reactive ketones (excluding diaryl/α,β-unsaturated/α-hetero) is 1. The van der Waals surface area contributed by atoms with Gasteiger partial charge in [-0.25, -0.2) is 0 Å². The molecule has 0 aromatic heterocycles. The van der Waals surface area contributed by atoms with E-state index >= 15 is 0 Å². The summed E-state index contributed by atoms with van der Waals surface area (Å²) >= 11 is 11.5. The third-order valence-electron chi connectivity index (χ3n) is 1.49. The summed E-state index contributed by atoms with van der Waals surface area (Å²) in [5.74, 6) is -0.310. The molecule has 0 spiro atoms. The molecule has 0 aliphatic carbocycles. The highest BCUT2D eigenvalue weighted by Crippen LogP contribution is 2.26. The highest BCUT2D eigenvalue weighted by molar-refractivity contribution is 6.43. The quantitative estimate of drug-likeness (QED) is 0.709. The van der Waals surface area contributed by atoms with Gasteiger partial charge in [-0.1, -0.05) is 29.3 Å². The molecule has 0 N–H and O–H groups in total. The van der Waals surface area contributed by atoms with Gasteiger partial charge in [0, 0.05) is 5.56 Å². The van der Waals surface area contributed by atoms with Gasteiger partial charge in [0.15, 0.2) is 5.78 Å². The number of ketones is 1. The molecule has 13 heavy (non-hydrogen) atoms. The maximum Gasteiger partial charge on any atom is 0.178 e. The van der Waals surface area contributed by atoms with Crippen LogP contribution in [-0.2, 0) is 0 Å². The molecule has 4 heteroatoms. The number of nitriles is 1. The number of nitrogens with zero attached hydrogens (tertiary/aromatic N) is 1. The van der Waals surface area contributed by atoms with Crippen LogP contribution in [-0.4, -0.2) is 5.78 Å². The molecule has 1 aromatic rings. The van der Waals surface area contributed by atoms with Gasteiger partial charge >= 0.3 is 0 Å². The Hall–Kier alpha value is -1.04. The van der Waals surface area contributed by atoms with Gasteiger partial charge in [-0.3, -0.25) is 4.79 Å². The Morgan fingerprint density at radius 3 is 2.77 bits per heavy atom. The smallest absolute Gasteiger partial charge is 0.178 e. The summed E-state index contributed by atoms with van der Waals surface area (Å²) in [7, 11) is 0. The second-order valence-electron chi connectivity index (χ2n) is 2.36. The number of halogens is 2. The van der Waals surface area contributed by atoms with Gasteiger partial charge in [-0.2, -0.15) is 5.26 Å². The fraction of sp³-hybridized carbons (Fsp3) is 0.111. The lowest BCUT2D eigenvalue weighted by Crippen LogP contribution is -1.98. The minimum absolute atomic E-state index is 0.180. The van der Waals surface area contributed by atoms with E-state index in [1.165, 1.54) is 0 Å². The molecule has 0 saturated heterocycles. The van der Waals surface area contributed by atoms with Crippen LogP contribution < -0.4 is 0 Å². The van der Waals surface area contributed by atoms with Crippen LogP contribution >= 0.6 is 23.2 Å². The van der Waals surface area contributed by atoms with Gasteiger partial charge in [-0.05, 0) is 12.1 Å². The van der Waals surface area contributed by atoms with Crippen LogP contribution in [0.25, 0.3) is 0 Å². The van der Waals surface area contributed by atoms with Crippen LogP contribution in [0.1, 0.15) is 16.8 Å². The van der Waals surface area contributed by atoms with Gasteiger partial charge in [0.05, 0.1) is 22.5 Å². The number of rotatable bonds is 2. The fourth-order valence-electron chi connectivity index (χ4n) is 0.886. The Morgan fingerprint density at radius 2 is 2.15 bits per heavy atom. The molecular formula is C9H5Cl2NO. The van der Waals surface area contributed by atoms with E-state index in [0.29, 0.717) is 10.6 Å². The van der Waals surface area contributed by atoms with Crippen LogP contribution in [0.2, 0.25) is 10.0 Å². The van der Waals surface area contributed by atoms with Crippen LogP contribution in [0.3, 0.4) is 0 Å². The summed E-state index contributed by atoms with van der Waals surface area (Å²) in [5, 5.41) is 8.85. The van der Waals surface area contributed by atoms with Gasteiger partial charge < -0.3 is 0 Å². The maximum absolute atomic E-state index is 11.3. The molecule has 0 unspecified atom stereocenters. The zero-order valence-electron chi connectivity index (χ0n) is 6.55. The number of benzene rings is 1. The molecule has 0 aliphatic heterocycles. The Bertz CT molecular complexity index is 382. The van der Waals surface area contributed by atoms with E-state index in [4.69, 9.17) is 28.5 Å². The molecule has 1 aromatic carbocycles. The van der Waals surface area contributed by atoms with E-state index in [1.807, 2.05) is 0 Å². The lowest BCUT2D eigenvalue weighted by molar-refractivity contribution is 0.0998. The number of carbonyl (C=O) groups excluding carboxylic acids is 1. The van der Waals surface area contributed by atoms with E-state index in [0.717, 1.165) is 0 Å². The lowest BCUT2D eigenvalue weighted by Gasteiger charge is -2.01. The van der Waals surface area contributed by atoms with Crippen molar-refractivity contribution >= 4 is 29.0 Å². The Balaban J connectivity index is 3.09. The van der Waals surface area contributed by atoms with Crippen molar-refractivity contribution in [3.63, 3.8) is 0 Å². The SMILES string of the molecule is N#CCC(=O)c1cccc(Cl)c1Cl. The van der Waals surface area contributed by atoms with E-state index in [2.05, 4.69) is 0 Å². The van der Waals surface area contributed by atoms with Crippen molar-refractivity contribution in [2.75, 3.05) is 0 Å². The van der Waals surface area contributed by atoms with Crippen LogP contribution in [0.5, 0.6) is 0 Å². The fourth-order valence-corrected chi connectivity index (χ4v) is 1.29. The summed E-state index contributed by atoms with van der Waals surface area (Å²) in [6.45, 7) is 0. The molecule has 0 bridgehead atoms. The summed E-state index contributed by atoms with van der Waals surface area (Å²) in [5.41, 5.74) is 0.302. The van der Waals surface area contributed by atoms with Gasteiger partial charge in [-0.15, -0.1) is 0 Å². The highest BCUT2D eigenvalue weighted by atomic mass is 35.5. The first-order chi connectivity index (χ1) is 6.16. The molecule has 0 fully saturated rings. The van der Waals surface area contributed by atoms with Crippen molar-refractivity contribution in [1.29, 1.82) is 5.26 Å². The first kappa shape index (κ1) is 10.0. The summed E-state index contributed by atoms with van der Waals surface area (Å²) in [4.78, 5) is 11.3. The Kier molecular flexibility index (Phi) is 3.30. The van der Waals surface area contributed by atoms with Crippen LogP contribution in [0.15, 0.2) is 18.2 Å². The van der Waals surface area contributed by atoms with Crippen molar-refractivity contribution in [2.24, 2.45) is 0 Å². The van der Waals surface area contributed by atoms with E-state index < -0.39 is 0 Å². The van der Waals surface area contributed by atoms with Crippen molar-refractivity contribution < 1.29 is 4.79 Å². The molecule has 0 heterocycles. The molecule has 0 amide bonds. The second kappa shape index (κ2) is 4.27. The first-order valence-corrected chi connectivity index (χ1v) is 4.26. The maximum atomic E-state index is 11.3. The van der Waals surface area contributed by atoms with Crippen molar-refractivity contribution in [2.45, 2.75) is 6.42 Å². The van der Waals surface area contributed by atoms with Gasteiger partial charge in [0.25, 0.3) is 0 Å². The predicted molar refractivity (Wildman–Crippen MR) is 51.0 cm³/mol. The van der Waals surface area contributed by atoms with Crippen molar-refractivity contribution in [3.05, 3.63) is 33.8 Å². The van der Waals surface area contributed by atoms with E-state index in [9.17, 15) is 4.79 Å². The number of hydrogen-bond acceptors (Lipinski definition) is 2. The monoisotopic (exact) mass is 213 g/mol.